The molecule has 36 heavy (non-hydrogen) atoms. The fraction of sp³-hybridized carbons (Fsp3) is 0.167. The third-order valence-corrected chi connectivity index (χ3v) is 6.16. The third kappa shape index (κ3) is 4.95. The number of pyridine rings is 1. The van der Waals surface area contributed by atoms with Crippen LogP contribution in [-0.2, 0) is 11.3 Å². The van der Waals surface area contributed by atoms with Crippen molar-refractivity contribution in [3.05, 3.63) is 119 Å². The molecule has 3 aromatic carbocycles. The summed E-state index contributed by atoms with van der Waals surface area (Å²) >= 11 is 0. The first-order valence-corrected chi connectivity index (χ1v) is 11.9. The highest BCUT2D eigenvalue weighted by Crippen LogP contribution is 2.29. The average Bonchev–Trinajstić information content (AvgIpc) is 2.89. The van der Waals surface area contributed by atoms with Gasteiger partial charge in [0.2, 0.25) is 0 Å². The highest BCUT2D eigenvalue weighted by atomic mass is 19.1. The van der Waals surface area contributed by atoms with Gasteiger partial charge in [0.05, 0.1) is 42.4 Å². The van der Waals surface area contributed by atoms with Gasteiger partial charge in [-0.15, -0.1) is 0 Å². The van der Waals surface area contributed by atoms with Gasteiger partial charge in [0, 0.05) is 11.1 Å². The van der Waals surface area contributed by atoms with Gasteiger partial charge in [0.25, 0.3) is 5.56 Å². The maximum Gasteiger partial charge on any atom is 0.261 e. The lowest BCUT2D eigenvalue weighted by molar-refractivity contribution is 0.0937. The normalized spacial score (nSPS) is 12.1. The molecule has 0 saturated carbocycles. The molecule has 0 saturated heterocycles. The summed E-state index contributed by atoms with van der Waals surface area (Å²) in [6.07, 6.45) is 1.53. The second-order valence-electron chi connectivity index (χ2n) is 8.94. The molecule has 0 aliphatic carbocycles. The first kappa shape index (κ1) is 23.6. The number of hydrogen-bond acceptors (Lipinski definition) is 4. The maximum absolute atomic E-state index is 14.1. The first-order valence-electron chi connectivity index (χ1n) is 11.9. The summed E-state index contributed by atoms with van der Waals surface area (Å²) in [4.78, 5) is 23.1. The van der Waals surface area contributed by atoms with Crippen LogP contribution in [0.5, 0.6) is 0 Å². The standard InChI is InChI=1S/C30H26FN3O2/c1-20-11-13-23(14-12-20)27-16-26-29(28(33-27)24-9-6-10-25(31)15-24)32-19-34(30(26)35)21(2)17-36-18-22-7-4-3-5-8-22/h3-16,19,21H,17-18H2,1-2H3. The molecule has 0 bridgehead atoms. The Morgan fingerprint density at radius 3 is 2.47 bits per heavy atom. The van der Waals surface area contributed by atoms with Gasteiger partial charge in [0.15, 0.2) is 0 Å². The predicted molar refractivity (Wildman–Crippen MR) is 140 cm³/mol. The van der Waals surface area contributed by atoms with Crippen molar-refractivity contribution < 1.29 is 9.13 Å². The van der Waals surface area contributed by atoms with E-state index >= 15 is 0 Å². The molecular weight excluding hydrogens is 453 g/mol. The van der Waals surface area contributed by atoms with E-state index in [0.29, 0.717) is 41.1 Å². The zero-order chi connectivity index (χ0) is 25.1. The highest BCUT2D eigenvalue weighted by Gasteiger charge is 2.17. The zero-order valence-electron chi connectivity index (χ0n) is 20.2. The summed E-state index contributed by atoms with van der Waals surface area (Å²) < 4.78 is 21.5. The van der Waals surface area contributed by atoms with Crippen LogP contribution < -0.4 is 5.56 Å². The predicted octanol–water partition coefficient (Wildman–Crippen LogP) is 6.35. The molecule has 180 valence electrons. The Morgan fingerprint density at radius 2 is 1.72 bits per heavy atom. The van der Waals surface area contributed by atoms with Crippen LogP contribution in [0.2, 0.25) is 0 Å². The van der Waals surface area contributed by atoms with Gasteiger partial charge in [-0.2, -0.15) is 0 Å². The molecule has 5 aromatic rings. The molecule has 5 rings (SSSR count). The molecule has 2 aromatic heterocycles. The Balaban J connectivity index is 1.56. The monoisotopic (exact) mass is 479 g/mol. The summed E-state index contributed by atoms with van der Waals surface area (Å²) in [7, 11) is 0. The summed E-state index contributed by atoms with van der Waals surface area (Å²) in [5.41, 5.74) is 4.98. The van der Waals surface area contributed by atoms with E-state index in [1.54, 1.807) is 22.8 Å². The SMILES string of the molecule is Cc1ccc(-c2cc3c(=O)n(C(C)COCc4ccccc4)cnc3c(-c3cccc(F)c3)n2)cc1. The Morgan fingerprint density at radius 1 is 0.944 bits per heavy atom. The number of ether oxygens (including phenoxy) is 1. The van der Waals surface area contributed by atoms with Crippen LogP contribution in [0.15, 0.2) is 96.1 Å². The van der Waals surface area contributed by atoms with Crippen LogP contribution in [0.1, 0.15) is 24.1 Å². The molecule has 5 nitrogen and oxygen atoms in total. The highest BCUT2D eigenvalue weighted by molar-refractivity contribution is 5.93. The van der Waals surface area contributed by atoms with E-state index in [4.69, 9.17) is 9.72 Å². The van der Waals surface area contributed by atoms with Crippen molar-refractivity contribution in [2.75, 3.05) is 6.61 Å². The van der Waals surface area contributed by atoms with Crippen LogP contribution in [0.4, 0.5) is 4.39 Å². The number of aryl methyl sites for hydroxylation is 1. The Hall–Kier alpha value is -4.16. The number of rotatable bonds is 7. The van der Waals surface area contributed by atoms with Gasteiger partial charge >= 0.3 is 0 Å². The molecular formula is C30H26FN3O2. The summed E-state index contributed by atoms with van der Waals surface area (Å²) in [5, 5.41) is 0.428. The largest absolute Gasteiger partial charge is 0.375 e. The molecule has 0 aliphatic rings. The van der Waals surface area contributed by atoms with E-state index in [-0.39, 0.29) is 17.4 Å². The average molecular weight is 480 g/mol. The van der Waals surface area contributed by atoms with E-state index in [9.17, 15) is 9.18 Å². The minimum absolute atomic E-state index is 0.191. The van der Waals surface area contributed by atoms with Crippen molar-refractivity contribution in [2.24, 2.45) is 0 Å². The smallest absolute Gasteiger partial charge is 0.261 e. The first-order chi connectivity index (χ1) is 17.5. The number of nitrogens with zero attached hydrogens (tertiary/aromatic N) is 3. The van der Waals surface area contributed by atoms with Gasteiger partial charge < -0.3 is 4.74 Å². The van der Waals surface area contributed by atoms with Gasteiger partial charge in [-0.3, -0.25) is 9.36 Å². The second kappa shape index (κ2) is 10.2. The van der Waals surface area contributed by atoms with Crippen molar-refractivity contribution in [3.8, 4) is 22.5 Å². The molecule has 2 heterocycles. The molecule has 0 N–H and O–H groups in total. The van der Waals surface area contributed by atoms with Crippen LogP contribution in [0.25, 0.3) is 33.4 Å². The van der Waals surface area contributed by atoms with E-state index in [1.165, 1.54) is 18.5 Å². The Labute approximate surface area is 208 Å². The number of benzene rings is 3. The number of hydrogen-bond donors (Lipinski definition) is 0. The summed E-state index contributed by atoms with van der Waals surface area (Å²) in [5.74, 6) is -0.374. The fourth-order valence-electron chi connectivity index (χ4n) is 4.17. The van der Waals surface area contributed by atoms with Gasteiger partial charge in [-0.1, -0.05) is 72.3 Å². The van der Waals surface area contributed by atoms with Gasteiger partial charge in [-0.05, 0) is 37.6 Å². The van der Waals surface area contributed by atoms with Crippen molar-refractivity contribution in [3.63, 3.8) is 0 Å². The summed E-state index contributed by atoms with van der Waals surface area (Å²) in [6, 6.07) is 25.6. The number of fused-ring (bicyclic) bond motifs is 1. The lowest BCUT2D eigenvalue weighted by Crippen LogP contribution is -2.26. The third-order valence-electron chi connectivity index (χ3n) is 6.16. The molecule has 0 spiro atoms. The molecule has 1 atom stereocenters. The minimum atomic E-state index is -0.374. The maximum atomic E-state index is 14.1. The van der Waals surface area contributed by atoms with Crippen molar-refractivity contribution in [2.45, 2.75) is 26.5 Å². The lowest BCUT2D eigenvalue weighted by atomic mass is 10.0. The molecule has 0 radical (unpaired) electrons. The second-order valence-corrected chi connectivity index (χ2v) is 8.94. The van der Waals surface area contributed by atoms with Crippen LogP contribution >= 0.6 is 0 Å². The van der Waals surface area contributed by atoms with E-state index in [1.807, 2.05) is 68.4 Å². The molecule has 1 unspecified atom stereocenters. The zero-order valence-corrected chi connectivity index (χ0v) is 20.2. The van der Waals surface area contributed by atoms with E-state index in [0.717, 1.165) is 16.7 Å². The lowest BCUT2D eigenvalue weighted by Gasteiger charge is -2.17. The van der Waals surface area contributed by atoms with Crippen molar-refractivity contribution in [1.29, 1.82) is 0 Å². The van der Waals surface area contributed by atoms with E-state index < -0.39 is 0 Å². The van der Waals surface area contributed by atoms with Crippen molar-refractivity contribution >= 4 is 10.9 Å². The van der Waals surface area contributed by atoms with Crippen LogP contribution in [-0.4, -0.2) is 21.1 Å². The molecule has 0 aliphatic heterocycles. The minimum Gasteiger partial charge on any atom is -0.375 e. The van der Waals surface area contributed by atoms with Crippen LogP contribution in [0.3, 0.4) is 0 Å². The number of halogens is 1. The molecule has 0 fully saturated rings. The quantitative estimate of drug-likeness (QED) is 0.273. The van der Waals surface area contributed by atoms with Gasteiger partial charge in [0.1, 0.15) is 11.3 Å². The summed E-state index contributed by atoms with van der Waals surface area (Å²) in [6.45, 7) is 4.76. The van der Waals surface area contributed by atoms with Crippen LogP contribution in [0, 0.1) is 12.7 Å². The molecule has 0 amide bonds. The van der Waals surface area contributed by atoms with Crippen molar-refractivity contribution in [1.82, 2.24) is 14.5 Å². The fourth-order valence-corrected chi connectivity index (χ4v) is 4.17. The topological polar surface area (TPSA) is 57.0 Å². The van der Waals surface area contributed by atoms with E-state index in [2.05, 4.69) is 4.98 Å². The van der Waals surface area contributed by atoms with Gasteiger partial charge in [-0.25, -0.2) is 14.4 Å². The Bertz CT molecular complexity index is 1560. The number of aromatic nitrogens is 3. The molecule has 6 heteroatoms. The Kier molecular flexibility index (Phi) is 6.69.